The van der Waals surface area contributed by atoms with Crippen LogP contribution in [-0.2, 0) is 9.53 Å². The molecule has 2 unspecified atom stereocenters. The lowest BCUT2D eigenvalue weighted by atomic mass is 10.0. The summed E-state index contributed by atoms with van der Waals surface area (Å²) in [5.41, 5.74) is 8.29. The van der Waals surface area contributed by atoms with Crippen LogP contribution < -0.4 is 5.73 Å². The number of nitrogens with zero attached hydrogens (tertiary/aromatic N) is 1. The first-order chi connectivity index (χ1) is 9.47. The predicted octanol–water partition coefficient (Wildman–Crippen LogP) is 2.27. The maximum atomic E-state index is 12.3. The highest BCUT2D eigenvalue weighted by Gasteiger charge is 2.22. The van der Waals surface area contributed by atoms with Crippen molar-refractivity contribution in [3.63, 3.8) is 0 Å². The average Bonchev–Trinajstić information content (AvgIpc) is 2.46. The van der Waals surface area contributed by atoms with E-state index in [9.17, 15) is 4.79 Å². The minimum atomic E-state index is -0.456. The number of benzene rings is 1. The molecule has 0 aliphatic heterocycles. The third-order valence-electron chi connectivity index (χ3n) is 3.67. The minimum absolute atomic E-state index is 0.0193. The van der Waals surface area contributed by atoms with E-state index in [0.29, 0.717) is 13.0 Å². The van der Waals surface area contributed by atoms with E-state index in [1.54, 1.807) is 12.0 Å². The zero-order chi connectivity index (χ0) is 15.1. The molecule has 0 fully saturated rings. The third kappa shape index (κ3) is 4.62. The quantitative estimate of drug-likeness (QED) is 0.778. The number of methoxy groups -OCH3 is 1. The molecule has 0 aliphatic carbocycles. The molecule has 2 N–H and O–H groups in total. The van der Waals surface area contributed by atoms with Crippen molar-refractivity contribution in [3.05, 3.63) is 35.4 Å². The summed E-state index contributed by atoms with van der Waals surface area (Å²) < 4.78 is 4.98. The minimum Gasteiger partial charge on any atom is -0.385 e. The lowest BCUT2D eigenvalue weighted by Crippen LogP contribution is -2.42. The fourth-order valence-electron chi connectivity index (χ4n) is 2.09. The zero-order valence-corrected chi connectivity index (χ0v) is 12.9. The van der Waals surface area contributed by atoms with Crippen LogP contribution in [0.1, 0.15) is 36.9 Å². The number of hydrogen-bond donors (Lipinski definition) is 1. The smallest absolute Gasteiger partial charge is 0.239 e. The molecule has 0 radical (unpaired) electrons. The van der Waals surface area contributed by atoms with Crippen molar-refractivity contribution in [3.8, 4) is 0 Å². The SMILES string of the molecule is COCCCC(N)C(=O)N(C)C(C)c1ccc(C)cc1. The first kappa shape index (κ1) is 16.7. The molecule has 0 aliphatic rings. The number of aryl methyl sites for hydroxylation is 1. The third-order valence-corrected chi connectivity index (χ3v) is 3.67. The van der Waals surface area contributed by atoms with Crippen LogP contribution in [0.5, 0.6) is 0 Å². The highest BCUT2D eigenvalue weighted by Crippen LogP contribution is 2.20. The number of ether oxygens (including phenoxy) is 1. The average molecular weight is 278 g/mol. The fraction of sp³-hybridized carbons (Fsp3) is 0.562. The number of carbonyl (C=O) groups excluding carboxylic acids is 1. The molecule has 112 valence electrons. The first-order valence-electron chi connectivity index (χ1n) is 7.05. The van der Waals surface area contributed by atoms with Gasteiger partial charge in [-0.1, -0.05) is 29.8 Å². The van der Waals surface area contributed by atoms with Gasteiger partial charge >= 0.3 is 0 Å². The van der Waals surface area contributed by atoms with Crippen molar-refractivity contribution >= 4 is 5.91 Å². The Kier molecular flexibility index (Phi) is 6.68. The number of hydrogen-bond acceptors (Lipinski definition) is 3. The predicted molar refractivity (Wildman–Crippen MR) is 81.4 cm³/mol. The summed E-state index contributed by atoms with van der Waals surface area (Å²) in [7, 11) is 3.46. The zero-order valence-electron chi connectivity index (χ0n) is 12.9. The number of nitrogens with two attached hydrogens (primary N) is 1. The van der Waals surface area contributed by atoms with Gasteiger partial charge in [-0.25, -0.2) is 0 Å². The molecule has 2 atom stereocenters. The summed E-state index contributed by atoms with van der Waals surface area (Å²) in [6.45, 7) is 4.71. The molecule has 0 aromatic heterocycles. The van der Waals surface area contributed by atoms with Gasteiger partial charge in [0.15, 0.2) is 0 Å². The van der Waals surface area contributed by atoms with Crippen LogP contribution in [0.25, 0.3) is 0 Å². The van der Waals surface area contributed by atoms with E-state index in [0.717, 1.165) is 12.0 Å². The van der Waals surface area contributed by atoms with Crippen molar-refractivity contribution in [2.45, 2.75) is 38.8 Å². The summed E-state index contributed by atoms with van der Waals surface area (Å²) in [5, 5.41) is 0. The maximum absolute atomic E-state index is 12.3. The maximum Gasteiger partial charge on any atom is 0.239 e. The first-order valence-corrected chi connectivity index (χ1v) is 7.05. The van der Waals surface area contributed by atoms with Crippen LogP contribution in [0.15, 0.2) is 24.3 Å². The molecule has 0 heterocycles. The van der Waals surface area contributed by atoms with Gasteiger partial charge in [-0.15, -0.1) is 0 Å². The molecule has 0 bridgehead atoms. The molecule has 4 heteroatoms. The second kappa shape index (κ2) is 8.02. The molecule has 1 rings (SSSR count). The molecular weight excluding hydrogens is 252 g/mol. The van der Waals surface area contributed by atoms with Gasteiger partial charge in [0.05, 0.1) is 12.1 Å². The normalized spacial score (nSPS) is 13.8. The fourth-order valence-corrected chi connectivity index (χ4v) is 2.09. The highest BCUT2D eigenvalue weighted by atomic mass is 16.5. The summed E-state index contributed by atoms with van der Waals surface area (Å²) in [6, 6.07) is 7.80. The largest absolute Gasteiger partial charge is 0.385 e. The van der Waals surface area contributed by atoms with Crippen LogP contribution in [0.3, 0.4) is 0 Å². The van der Waals surface area contributed by atoms with E-state index in [1.807, 2.05) is 14.0 Å². The molecular formula is C16H26N2O2. The Hall–Kier alpha value is -1.39. The summed E-state index contributed by atoms with van der Waals surface area (Å²) in [5.74, 6) is -0.0193. The van der Waals surface area contributed by atoms with Crippen molar-refractivity contribution in [1.82, 2.24) is 4.90 Å². The molecule has 0 saturated heterocycles. The number of rotatable bonds is 7. The van der Waals surface area contributed by atoms with Crippen molar-refractivity contribution in [2.75, 3.05) is 20.8 Å². The molecule has 1 amide bonds. The van der Waals surface area contributed by atoms with Crippen molar-refractivity contribution < 1.29 is 9.53 Å². The van der Waals surface area contributed by atoms with E-state index in [4.69, 9.17) is 10.5 Å². The Labute approximate surface area is 121 Å². The lowest BCUT2D eigenvalue weighted by Gasteiger charge is -2.28. The van der Waals surface area contributed by atoms with Gasteiger partial charge in [0.25, 0.3) is 0 Å². The Morgan fingerprint density at radius 2 is 1.95 bits per heavy atom. The van der Waals surface area contributed by atoms with Gasteiger partial charge in [0.2, 0.25) is 5.91 Å². The molecule has 0 spiro atoms. The summed E-state index contributed by atoms with van der Waals surface area (Å²) in [6.07, 6.45) is 1.45. The molecule has 20 heavy (non-hydrogen) atoms. The van der Waals surface area contributed by atoms with E-state index in [1.165, 1.54) is 5.56 Å². The monoisotopic (exact) mass is 278 g/mol. The molecule has 0 saturated carbocycles. The number of likely N-dealkylation sites (N-methyl/N-ethyl adjacent to an activating group) is 1. The van der Waals surface area contributed by atoms with E-state index in [2.05, 4.69) is 31.2 Å². The van der Waals surface area contributed by atoms with Crippen molar-refractivity contribution in [1.29, 1.82) is 0 Å². The van der Waals surface area contributed by atoms with Gasteiger partial charge in [-0.2, -0.15) is 0 Å². The van der Waals surface area contributed by atoms with Gasteiger partial charge < -0.3 is 15.4 Å². The Balaban J connectivity index is 2.61. The Bertz CT molecular complexity index is 417. The highest BCUT2D eigenvalue weighted by molar-refractivity contribution is 5.81. The van der Waals surface area contributed by atoms with E-state index in [-0.39, 0.29) is 11.9 Å². The lowest BCUT2D eigenvalue weighted by molar-refractivity contribution is -0.133. The second-order valence-electron chi connectivity index (χ2n) is 5.28. The van der Waals surface area contributed by atoms with Crippen LogP contribution in [0, 0.1) is 6.92 Å². The Morgan fingerprint density at radius 1 is 1.35 bits per heavy atom. The van der Waals surface area contributed by atoms with Crippen LogP contribution in [0.2, 0.25) is 0 Å². The standard InChI is InChI=1S/C16H26N2O2/c1-12-7-9-14(10-8-12)13(2)18(3)16(19)15(17)6-5-11-20-4/h7-10,13,15H,5-6,11,17H2,1-4H3. The molecule has 1 aromatic carbocycles. The molecule has 4 nitrogen and oxygen atoms in total. The van der Waals surface area contributed by atoms with Crippen LogP contribution >= 0.6 is 0 Å². The second-order valence-corrected chi connectivity index (χ2v) is 5.28. The van der Waals surface area contributed by atoms with Crippen molar-refractivity contribution in [2.24, 2.45) is 5.73 Å². The topological polar surface area (TPSA) is 55.6 Å². The van der Waals surface area contributed by atoms with Gasteiger partial charge in [0, 0.05) is 20.8 Å². The number of carbonyl (C=O) groups is 1. The van der Waals surface area contributed by atoms with Gasteiger partial charge in [0.1, 0.15) is 0 Å². The van der Waals surface area contributed by atoms with Crippen LogP contribution in [-0.4, -0.2) is 37.6 Å². The van der Waals surface area contributed by atoms with E-state index < -0.39 is 6.04 Å². The van der Waals surface area contributed by atoms with Gasteiger partial charge in [-0.3, -0.25) is 4.79 Å². The summed E-state index contributed by atoms with van der Waals surface area (Å²) >= 11 is 0. The van der Waals surface area contributed by atoms with Gasteiger partial charge in [-0.05, 0) is 32.3 Å². The molecule has 1 aromatic rings. The van der Waals surface area contributed by atoms with Crippen LogP contribution in [0.4, 0.5) is 0 Å². The summed E-state index contributed by atoms with van der Waals surface area (Å²) in [4.78, 5) is 14.0. The Morgan fingerprint density at radius 3 is 2.50 bits per heavy atom. The van der Waals surface area contributed by atoms with E-state index >= 15 is 0 Å². The number of amides is 1.